The molecule has 1 N–H and O–H groups in total. The Labute approximate surface area is 166 Å². The lowest BCUT2D eigenvalue weighted by Gasteiger charge is -2.06. The van der Waals surface area contributed by atoms with Gasteiger partial charge in [-0.25, -0.2) is 4.98 Å². The smallest absolute Gasteiger partial charge is 0.263 e. The standard InChI is InChI=1S/C21H20N4O2S/c1-12-9-10-15(20(27)24(12)3)19(26)23-21-22-16(11-28-21)18-13(2)25(4)17-8-6-5-7-14(17)18/h5-11H,1-4H3,(H,22,23,26). The molecule has 142 valence electrons. The second-order valence-corrected chi connectivity index (χ2v) is 7.64. The SMILES string of the molecule is Cc1ccc(C(=O)Nc2nc(-c3c(C)n(C)c4ccccc34)cs2)c(=O)n1C. The summed E-state index contributed by atoms with van der Waals surface area (Å²) in [5, 5.41) is 6.28. The summed E-state index contributed by atoms with van der Waals surface area (Å²) in [5.41, 5.74) is 4.69. The number of fused-ring (bicyclic) bond motifs is 1. The van der Waals surface area contributed by atoms with Gasteiger partial charge in [-0.05, 0) is 32.0 Å². The lowest BCUT2D eigenvalue weighted by atomic mass is 10.1. The normalized spacial score (nSPS) is 11.1. The maximum Gasteiger partial charge on any atom is 0.263 e. The third-order valence-corrected chi connectivity index (χ3v) is 5.94. The molecule has 0 bridgehead atoms. The van der Waals surface area contributed by atoms with Crippen LogP contribution in [0.25, 0.3) is 22.2 Å². The maximum absolute atomic E-state index is 12.6. The molecule has 3 heterocycles. The van der Waals surface area contributed by atoms with Gasteiger partial charge < -0.3 is 9.13 Å². The Hall–Kier alpha value is -3.19. The van der Waals surface area contributed by atoms with Crippen LogP contribution in [0.15, 0.2) is 46.6 Å². The van der Waals surface area contributed by atoms with Crippen molar-refractivity contribution in [2.45, 2.75) is 13.8 Å². The first-order valence-electron chi connectivity index (χ1n) is 8.86. The van der Waals surface area contributed by atoms with Gasteiger partial charge in [0.05, 0.1) is 5.69 Å². The zero-order chi connectivity index (χ0) is 20.0. The number of rotatable bonds is 3. The number of anilines is 1. The number of carbonyl (C=O) groups is 1. The Kier molecular flexibility index (Phi) is 4.39. The van der Waals surface area contributed by atoms with E-state index in [2.05, 4.69) is 33.9 Å². The van der Waals surface area contributed by atoms with E-state index in [9.17, 15) is 9.59 Å². The molecule has 0 aliphatic heterocycles. The molecule has 7 heteroatoms. The van der Waals surface area contributed by atoms with Crippen LogP contribution in [0.2, 0.25) is 0 Å². The number of aromatic nitrogens is 3. The first-order valence-corrected chi connectivity index (χ1v) is 9.74. The number of nitrogens with zero attached hydrogens (tertiary/aromatic N) is 3. The van der Waals surface area contributed by atoms with E-state index in [1.807, 2.05) is 31.5 Å². The molecule has 28 heavy (non-hydrogen) atoms. The summed E-state index contributed by atoms with van der Waals surface area (Å²) in [6.07, 6.45) is 0. The second-order valence-electron chi connectivity index (χ2n) is 6.78. The second kappa shape index (κ2) is 6.76. The van der Waals surface area contributed by atoms with Gasteiger partial charge in [0, 0.05) is 47.3 Å². The molecule has 4 rings (SSSR count). The molecule has 0 saturated carbocycles. The molecule has 0 radical (unpaired) electrons. The molecule has 4 aromatic rings. The lowest BCUT2D eigenvalue weighted by molar-refractivity contribution is 0.102. The van der Waals surface area contributed by atoms with Crippen LogP contribution in [-0.2, 0) is 14.1 Å². The molecular weight excluding hydrogens is 372 g/mol. The van der Waals surface area contributed by atoms with E-state index < -0.39 is 5.91 Å². The van der Waals surface area contributed by atoms with Crippen molar-refractivity contribution in [1.29, 1.82) is 0 Å². The van der Waals surface area contributed by atoms with Crippen molar-refractivity contribution < 1.29 is 4.79 Å². The van der Waals surface area contributed by atoms with Crippen LogP contribution in [0.1, 0.15) is 21.7 Å². The molecule has 6 nitrogen and oxygen atoms in total. The Morgan fingerprint density at radius 3 is 2.61 bits per heavy atom. The predicted octanol–water partition coefficient (Wildman–Crippen LogP) is 3.87. The Balaban J connectivity index is 1.68. The zero-order valence-electron chi connectivity index (χ0n) is 16.1. The fraction of sp³-hybridized carbons (Fsp3) is 0.190. The summed E-state index contributed by atoms with van der Waals surface area (Å²) < 4.78 is 3.60. The lowest BCUT2D eigenvalue weighted by Crippen LogP contribution is -2.28. The number of hydrogen-bond donors (Lipinski definition) is 1. The van der Waals surface area contributed by atoms with Crippen molar-refractivity contribution in [3.8, 4) is 11.3 Å². The van der Waals surface area contributed by atoms with E-state index in [1.54, 1.807) is 19.2 Å². The van der Waals surface area contributed by atoms with Gasteiger partial charge in [0.15, 0.2) is 5.13 Å². The van der Waals surface area contributed by atoms with Gasteiger partial charge in [0.2, 0.25) is 0 Å². The van der Waals surface area contributed by atoms with Gasteiger partial charge >= 0.3 is 0 Å². The average Bonchev–Trinajstić information content (AvgIpc) is 3.23. The number of nitrogens with one attached hydrogen (secondary N) is 1. The number of benzene rings is 1. The highest BCUT2D eigenvalue weighted by Gasteiger charge is 2.18. The Bertz CT molecular complexity index is 1280. The van der Waals surface area contributed by atoms with Gasteiger partial charge in [-0.15, -0.1) is 11.3 Å². The predicted molar refractivity (Wildman–Crippen MR) is 113 cm³/mol. The Morgan fingerprint density at radius 2 is 1.82 bits per heavy atom. The number of hydrogen-bond acceptors (Lipinski definition) is 4. The number of amides is 1. The average molecular weight is 392 g/mol. The number of para-hydroxylation sites is 1. The molecule has 3 aromatic heterocycles. The van der Waals surface area contributed by atoms with Crippen LogP contribution in [0, 0.1) is 13.8 Å². The highest BCUT2D eigenvalue weighted by atomic mass is 32.1. The van der Waals surface area contributed by atoms with Gasteiger partial charge in [-0.3, -0.25) is 14.9 Å². The first kappa shape index (κ1) is 18.2. The van der Waals surface area contributed by atoms with Gasteiger partial charge in [-0.2, -0.15) is 0 Å². The van der Waals surface area contributed by atoms with E-state index >= 15 is 0 Å². The van der Waals surface area contributed by atoms with E-state index in [-0.39, 0.29) is 11.1 Å². The van der Waals surface area contributed by atoms with E-state index in [0.29, 0.717) is 5.13 Å². The van der Waals surface area contributed by atoms with Crippen LogP contribution in [-0.4, -0.2) is 20.0 Å². The molecule has 0 atom stereocenters. The summed E-state index contributed by atoms with van der Waals surface area (Å²) in [7, 11) is 3.68. The van der Waals surface area contributed by atoms with Crippen molar-refractivity contribution in [3.63, 3.8) is 0 Å². The fourth-order valence-electron chi connectivity index (χ4n) is 3.36. The molecule has 0 saturated heterocycles. The minimum Gasteiger partial charge on any atom is -0.347 e. The van der Waals surface area contributed by atoms with Crippen molar-refractivity contribution >= 4 is 33.3 Å². The van der Waals surface area contributed by atoms with Gasteiger partial charge in [0.25, 0.3) is 11.5 Å². The number of carbonyl (C=O) groups excluding carboxylic acids is 1. The quantitative estimate of drug-likeness (QED) is 0.575. The molecule has 1 aromatic carbocycles. The van der Waals surface area contributed by atoms with Crippen molar-refractivity contribution in [2.24, 2.45) is 14.1 Å². The highest BCUT2D eigenvalue weighted by molar-refractivity contribution is 7.14. The molecule has 0 aliphatic rings. The molecule has 1 amide bonds. The van der Waals surface area contributed by atoms with E-state index in [1.165, 1.54) is 15.9 Å². The summed E-state index contributed by atoms with van der Waals surface area (Å²) in [6, 6.07) is 11.5. The van der Waals surface area contributed by atoms with Gasteiger partial charge in [-0.1, -0.05) is 18.2 Å². The fourth-order valence-corrected chi connectivity index (χ4v) is 4.05. The van der Waals surface area contributed by atoms with Crippen LogP contribution >= 0.6 is 11.3 Å². The first-order chi connectivity index (χ1) is 13.4. The number of pyridine rings is 1. The molecule has 0 spiro atoms. The van der Waals surface area contributed by atoms with Crippen molar-refractivity contribution in [3.05, 3.63) is 69.1 Å². The molecule has 0 aliphatic carbocycles. The summed E-state index contributed by atoms with van der Waals surface area (Å²) in [6.45, 7) is 3.88. The summed E-state index contributed by atoms with van der Waals surface area (Å²) >= 11 is 1.35. The molecule has 0 unspecified atom stereocenters. The third kappa shape index (κ3) is 2.84. The summed E-state index contributed by atoms with van der Waals surface area (Å²) in [5.74, 6) is -0.448. The minimum atomic E-state index is -0.448. The summed E-state index contributed by atoms with van der Waals surface area (Å²) in [4.78, 5) is 29.5. The Morgan fingerprint density at radius 1 is 1.07 bits per heavy atom. The van der Waals surface area contributed by atoms with Gasteiger partial charge in [0.1, 0.15) is 5.56 Å². The molecule has 0 fully saturated rings. The van der Waals surface area contributed by atoms with Crippen molar-refractivity contribution in [1.82, 2.24) is 14.1 Å². The minimum absolute atomic E-state index is 0.103. The maximum atomic E-state index is 12.6. The van der Waals surface area contributed by atoms with E-state index in [4.69, 9.17) is 0 Å². The van der Waals surface area contributed by atoms with Crippen molar-refractivity contribution in [2.75, 3.05) is 5.32 Å². The monoisotopic (exact) mass is 392 g/mol. The van der Waals surface area contributed by atoms with Crippen LogP contribution in [0.4, 0.5) is 5.13 Å². The van der Waals surface area contributed by atoms with Crippen LogP contribution in [0.3, 0.4) is 0 Å². The number of thiazole rings is 1. The molecular formula is C21H20N4O2S. The van der Waals surface area contributed by atoms with Crippen LogP contribution < -0.4 is 10.9 Å². The van der Waals surface area contributed by atoms with Crippen LogP contribution in [0.5, 0.6) is 0 Å². The van der Waals surface area contributed by atoms with E-state index in [0.717, 1.165) is 33.5 Å². The topological polar surface area (TPSA) is 68.9 Å². The highest BCUT2D eigenvalue weighted by Crippen LogP contribution is 2.35. The third-order valence-electron chi connectivity index (χ3n) is 5.18. The zero-order valence-corrected chi connectivity index (χ0v) is 16.9. The largest absolute Gasteiger partial charge is 0.347 e. The number of aryl methyl sites for hydroxylation is 2.